The van der Waals surface area contributed by atoms with Crippen molar-refractivity contribution in [1.29, 1.82) is 0 Å². The summed E-state index contributed by atoms with van der Waals surface area (Å²) >= 11 is 0. The molecule has 2 saturated heterocycles. The average molecular weight is 438 g/mol. The highest BCUT2D eigenvalue weighted by atomic mass is 16.5. The largest absolute Gasteiger partial charge is 0.497 e. The van der Waals surface area contributed by atoms with Crippen LogP contribution in [0.3, 0.4) is 0 Å². The molecule has 6 nitrogen and oxygen atoms in total. The molecule has 172 valence electrons. The first-order valence-corrected chi connectivity index (χ1v) is 11.7. The summed E-state index contributed by atoms with van der Waals surface area (Å²) in [5.41, 5.74) is 3.53. The molecule has 2 amide bonds. The summed E-state index contributed by atoms with van der Waals surface area (Å²) < 4.78 is 5.26. The van der Waals surface area contributed by atoms with Crippen LogP contribution in [-0.2, 0) is 0 Å². The summed E-state index contributed by atoms with van der Waals surface area (Å²) in [5, 5.41) is 13.2. The van der Waals surface area contributed by atoms with E-state index in [-0.39, 0.29) is 36.7 Å². The summed E-state index contributed by atoms with van der Waals surface area (Å²) in [7, 11) is 1.67. The van der Waals surface area contributed by atoms with Crippen molar-refractivity contribution in [2.75, 3.05) is 33.4 Å². The SMILES string of the molecule is COc1ccc(-c2ccc([C@H]3[C@H]4CN(C(=O)NC(C)C)CCCCN4[C@H]3CO)cc2)cc1. The van der Waals surface area contributed by atoms with E-state index in [0.29, 0.717) is 6.54 Å². The molecule has 0 spiro atoms. The van der Waals surface area contributed by atoms with Gasteiger partial charge in [-0.1, -0.05) is 36.4 Å². The van der Waals surface area contributed by atoms with Gasteiger partial charge in [-0.2, -0.15) is 0 Å². The second-order valence-electron chi connectivity index (χ2n) is 9.19. The van der Waals surface area contributed by atoms with E-state index in [0.717, 1.165) is 42.8 Å². The van der Waals surface area contributed by atoms with Crippen molar-refractivity contribution < 1.29 is 14.6 Å². The zero-order valence-electron chi connectivity index (χ0n) is 19.3. The van der Waals surface area contributed by atoms with Crippen LogP contribution < -0.4 is 10.1 Å². The van der Waals surface area contributed by atoms with Crippen LogP contribution in [0.5, 0.6) is 5.75 Å². The van der Waals surface area contributed by atoms with Gasteiger partial charge in [0, 0.05) is 37.1 Å². The summed E-state index contributed by atoms with van der Waals surface area (Å²) in [6.07, 6.45) is 2.04. The minimum absolute atomic E-state index is 0.0166. The van der Waals surface area contributed by atoms with Crippen molar-refractivity contribution in [3.63, 3.8) is 0 Å². The number of nitrogens with zero attached hydrogens (tertiary/aromatic N) is 2. The second kappa shape index (κ2) is 9.92. The smallest absolute Gasteiger partial charge is 0.317 e. The number of hydrogen-bond acceptors (Lipinski definition) is 4. The number of amides is 2. The molecule has 0 bridgehead atoms. The number of carbonyl (C=O) groups is 1. The van der Waals surface area contributed by atoms with Crippen LogP contribution in [0.15, 0.2) is 48.5 Å². The third-order valence-electron chi connectivity index (χ3n) is 6.79. The third-order valence-corrected chi connectivity index (χ3v) is 6.79. The van der Waals surface area contributed by atoms with Crippen molar-refractivity contribution in [3.05, 3.63) is 54.1 Å². The van der Waals surface area contributed by atoms with Crippen molar-refractivity contribution in [2.24, 2.45) is 0 Å². The van der Waals surface area contributed by atoms with Crippen LogP contribution >= 0.6 is 0 Å². The molecule has 2 N–H and O–H groups in total. The lowest BCUT2D eigenvalue weighted by Gasteiger charge is -2.57. The maximum absolute atomic E-state index is 12.7. The topological polar surface area (TPSA) is 65.0 Å². The fourth-order valence-electron chi connectivity index (χ4n) is 5.14. The maximum Gasteiger partial charge on any atom is 0.317 e. The Kier molecular flexibility index (Phi) is 7.01. The first kappa shape index (κ1) is 22.6. The highest BCUT2D eigenvalue weighted by Crippen LogP contribution is 2.42. The van der Waals surface area contributed by atoms with Gasteiger partial charge in [0.1, 0.15) is 5.75 Å². The maximum atomic E-state index is 12.7. The van der Waals surface area contributed by atoms with Crippen molar-refractivity contribution >= 4 is 6.03 Å². The van der Waals surface area contributed by atoms with Gasteiger partial charge in [0.2, 0.25) is 0 Å². The number of hydrogen-bond donors (Lipinski definition) is 2. The van der Waals surface area contributed by atoms with E-state index in [1.807, 2.05) is 30.9 Å². The number of urea groups is 1. The fourth-order valence-corrected chi connectivity index (χ4v) is 5.14. The van der Waals surface area contributed by atoms with Gasteiger partial charge >= 0.3 is 6.03 Å². The van der Waals surface area contributed by atoms with Crippen molar-refractivity contribution in [1.82, 2.24) is 15.1 Å². The lowest BCUT2D eigenvalue weighted by molar-refractivity contribution is -0.0591. The Morgan fingerprint density at radius 3 is 2.28 bits per heavy atom. The Bertz CT molecular complexity index is 898. The Morgan fingerprint density at radius 1 is 1.06 bits per heavy atom. The standard InChI is InChI=1S/C26H35N3O3/c1-18(2)27-26(31)28-14-4-5-15-29-23(16-28)25(24(29)17-30)21-8-6-19(7-9-21)20-10-12-22(32-3)13-11-20/h6-13,18,23-25,30H,4-5,14-17H2,1-3H3,(H,27,31)/t23-,24+,25+/m1/s1. The van der Waals surface area contributed by atoms with Gasteiger partial charge in [0.05, 0.1) is 13.7 Å². The van der Waals surface area contributed by atoms with E-state index in [2.05, 4.69) is 46.6 Å². The van der Waals surface area contributed by atoms with Crippen LogP contribution in [0.1, 0.15) is 38.2 Å². The summed E-state index contributed by atoms with van der Waals surface area (Å²) in [6, 6.07) is 17.2. The molecule has 4 rings (SSSR count). The van der Waals surface area contributed by atoms with Gasteiger partial charge in [0.25, 0.3) is 0 Å². The molecule has 6 heteroatoms. The highest BCUT2D eigenvalue weighted by Gasteiger charge is 2.49. The number of fused-ring (bicyclic) bond motifs is 1. The molecule has 32 heavy (non-hydrogen) atoms. The number of aliphatic hydroxyl groups excluding tert-OH is 1. The Hall–Kier alpha value is -2.57. The first-order chi connectivity index (χ1) is 15.5. The number of aliphatic hydroxyl groups is 1. The predicted octanol–water partition coefficient (Wildman–Crippen LogP) is 3.70. The molecule has 2 aliphatic rings. The minimum atomic E-state index is 0.0166. The van der Waals surface area contributed by atoms with Crippen LogP contribution in [0.2, 0.25) is 0 Å². The van der Waals surface area contributed by atoms with Crippen molar-refractivity contribution in [3.8, 4) is 16.9 Å². The van der Waals surface area contributed by atoms with E-state index in [9.17, 15) is 9.90 Å². The number of methoxy groups -OCH3 is 1. The summed E-state index contributed by atoms with van der Waals surface area (Å²) in [6.45, 7) is 6.59. The predicted molar refractivity (Wildman–Crippen MR) is 127 cm³/mol. The van der Waals surface area contributed by atoms with Crippen LogP contribution in [0.4, 0.5) is 4.79 Å². The second-order valence-corrected chi connectivity index (χ2v) is 9.19. The highest BCUT2D eigenvalue weighted by molar-refractivity contribution is 5.74. The van der Waals surface area contributed by atoms with Gasteiger partial charge in [-0.3, -0.25) is 4.90 Å². The van der Waals surface area contributed by atoms with Gasteiger partial charge in [-0.25, -0.2) is 4.79 Å². The van der Waals surface area contributed by atoms with E-state index in [1.54, 1.807) is 7.11 Å². The summed E-state index contributed by atoms with van der Waals surface area (Å²) in [4.78, 5) is 17.1. The Balaban J connectivity index is 1.53. The van der Waals surface area contributed by atoms with Gasteiger partial charge < -0.3 is 20.1 Å². The van der Waals surface area contributed by atoms with E-state index >= 15 is 0 Å². The number of carbonyl (C=O) groups excluding carboxylic acids is 1. The van der Waals surface area contributed by atoms with Gasteiger partial charge in [0.15, 0.2) is 0 Å². The summed E-state index contributed by atoms with van der Waals surface area (Å²) in [5.74, 6) is 1.07. The number of nitrogens with one attached hydrogen (secondary N) is 1. The molecule has 2 aliphatic heterocycles. The molecule has 2 aromatic rings. The van der Waals surface area contributed by atoms with Crippen LogP contribution in [0, 0.1) is 0 Å². The number of rotatable bonds is 5. The number of ether oxygens (including phenoxy) is 1. The number of benzene rings is 2. The quantitative estimate of drug-likeness (QED) is 0.749. The van der Waals surface area contributed by atoms with E-state index in [1.165, 1.54) is 5.56 Å². The lowest BCUT2D eigenvalue weighted by atomic mass is 9.74. The van der Waals surface area contributed by atoms with Crippen LogP contribution in [0.25, 0.3) is 11.1 Å². The average Bonchev–Trinajstić information content (AvgIpc) is 2.78. The van der Waals surface area contributed by atoms with Crippen LogP contribution in [-0.4, -0.2) is 72.4 Å². The molecule has 2 heterocycles. The molecule has 0 saturated carbocycles. The molecule has 3 atom stereocenters. The van der Waals surface area contributed by atoms with Crippen molar-refractivity contribution in [2.45, 2.75) is 50.7 Å². The Morgan fingerprint density at radius 2 is 1.69 bits per heavy atom. The zero-order valence-corrected chi connectivity index (χ0v) is 19.3. The van der Waals surface area contributed by atoms with Gasteiger partial charge in [-0.15, -0.1) is 0 Å². The molecule has 0 radical (unpaired) electrons. The zero-order chi connectivity index (χ0) is 22.7. The molecule has 0 aromatic heterocycles. The normalized spacial score (nSPS) is 23.7. The fraction of sp³-hybridized carbons (Fsp3) is 0.500. The van der Waals surface area contributed by atoms with Gasteiger partial charge in [-0.05, 0) is 62.1 Å². The molecular weight excluding hydrogens is 402 g/mol. The lowest BCUT2D eigenvalue weighted by Crippen LogP contribution is -2.68. The first-order valence-electron chi connectivity index (χ1n) is 11.7. The molecule has 0 unspecified atom stereocenters. The Labute approximate surface area is 191 Å². The van der Waals surface area contributed by atoms with E-state index in [4.69, 9.17) is 4.74 Å². The monoisotopic (exact) mass is 437 g/mol. The minimum Gasteiger partial charge on any atom is -0.497 e. The molecule has 2 aromatic carbocycles. The molecular formula is C26H35N3O3. The molecule has 0 aliphatic carbocycles. The third kappa shape index (κ3) is 4.62. The van der Waals surface area contributed by atoms with E-state index < -0.39 is 0 Å². The molecule has 2 fully saturated rings.